The number of hydrogen-bond donors (Lipinski definition) is 1. The molecule has 0 aromatic heterocycles. The van der Waals surface area contributed by atoms with Gasteiger partial charge >= 0.3 is 0 Å². The van der Waals surface area contributed by atoms with Crippen LogP contribution in [0.25, 0.3) is 0 Å². The van der Waals surface area contributed by atoms with E-state index in [0.717, 1.165) is 12.8 Å². The minimum Gasteiger partial charge on any atom is -0.376 e. The zero-order valence-electron chi connectivity index (χ0n) is 7.38. The number of rotatable bonds is 7. The first-order chi connectivity index (χ1) is 5.31. The molecule has 0 fully saturated rings. The van der Waals surface area contributed by atoms with Crippen LogP contribution < -0.4 is 0 Å². The molecule has 0 spiro atoms. The van der Waals surface area contributed by atoms with E-state index in [0.29, 0.717) is 13.2 Å². The number of hydrogen-bond acceptors (Lipinski definition) is 3. The van der Waals surface area contributed by atoms with E-state index in [9.17, 15) is 0 Å². The Labute approximate surface area is 68.3 Å². The quantitative estimate of drug-likeness (QED) is 0.451. The standard InChI is InChI=1S/C8H18O3/c1-3-5-10-7-8(9)11-6-4-2/h8-9H,3-7H2,1-2H3. The normalized spacial score (nSPS) is 13.4. The Kier molecular flexibility index (Phi) is 7.89. The minimum atomic E-state index is -0.749. The molecule has 68 valence electrons. The summed E-state index contributed by atoms with van der Waals surface area (Å²) >= 11 is 0. The second-order valence-corrected chi connectivity index (χ2v) is 2.40. The molecule has 1 N–H and O–H groups in total. The van der Waals surface area contributed by atoms with Crippen molar-refractivity contribution in [3.63, 3.8) is 0 Å². The summed E-state index contributed by atoms with van der Waals surface area (Å²) in [6, 6.07) is 0. The van der Waals surface area contributed by atoms with Gasteiger partial charge in [-0.1, -0.05) is 13.8 Å². The maximum absolute atomic E-state index is 9.06. The van der Waals surface area contributed by atoms with Gasteiger partial charge in [-0.2, -0.15) is 0 Å². The lowest BCUT2D eigenvalue weighted by molar-refractivity contribution is -0.137. The van der Waals surface area contributed by atoms with Gasteiger partial charge < -0.3 is 14.6 Å². The van der Waals surface area contributed by atoms with Crippen molar-refractivity contribution in [3.05, 3.63) is 0 Å². The van der Waals surface area contributed by atoms with Crippen molar-refractivity contribution in [2.24, 2.45) is 0 Å². The van der Waals surface area contributed by atoms with Gasteiger partial charge in [0.05, 0.1) is 6.61 Å². The Morgan fingerprint density at radius 1 is 1.18 bits per heavy atom. The molecule has 0 bridgehead atoms. The van der Waals surface area contributed by atoms with Crippen molar-refractivity contribution in [1.82, 2.24) is 0 Å². The Bertz CT molecular complexity index is 75.7. The monoisotopic (exact) mass is 162 g/mol. The third kappa shape index (κ3) is 7.78. The fourth-order valence-corrected chi connectivity index (χ4v) is 0.630. The van der Waals surface area contributed by atoms with Crippen LogP contribution in [0.5, 0.6) is 0 Å². The van der Waals surface area contributed by atoms with E-state index in [4.69, 9.17) is 14.6 Å². The first-order valence-electron chi connectivity index (χ1n) is 4.18. The summed E-state index contributed by atoms with van der Waals surface area (Å²) in [4.78, 5) is 0. The summed E-state index contributed by atoms with van der Waals surface area (Å²) in [5, 5.41) is 9.06. The summed E-state index contributed by atoms with van der Waals surface area (Å²) in [7, 11) is 0. The van der Waals surface area contributed by atoms with Crippen molar-refractivity contribution in [2.75, 3.05) is 19.8 Å². The van der Waals surface area contributed by atoms with Crippen molar-refractivity contribution < 1.29 is 14.6 Å². The van der Waals surface area contributed by atoms with Crippen molar-refractivity contribution >= 4 is 0 Å². The molecule has 0 radical (unpaired) electrons. The molecular weight excluding hydrogens is 144 g/mol. The average Bonchev–Trinajstić information content (AvgIpc) is 2.01. The number of aliphatic hydroxyl groups is 1. The Balaban J connectivity index is 3.02. The first-order valence-corrected chi connectivity index (χ1v) is 4.18. The third-order valence-electron chi connectivity index (χ3n) is 1.12. The highest BCUT2D eigenvalue weighted by molar-refractivity contribution is 4.37. The predicted octanol–water partition coefficient (Wildman–Crippen LogP) is 1.16. The summed E-state index contributed by atoms with van der Waals surface area (Å²) in [5.41, 5.74) is 0. The molecule has 1 unspecified atom stereocenters. The minimum absolute atomic E-state index is 0.286. The zero-order chi connectivity index (χ0) is 8.53. The lowest BCUT2D eigenvalue weighted by Crippen LogP contribution is -2.19. The topological polar surface area (TPSA) is 38.7 Å². The first kappa shape index (κ1) is 10.9. The van der Waals surface area contributed by atoms with Crippen molar-refractivity contribution in [2.45, 2.75) is 33.0 Å². The Morgan fingerprint density at radius 3 is 2.36 bits per heavy atom. The number of aliphatic hydroxyl groups excluding tert-OH is 1. The fourth-order valence-electron chi connectivity index (χ4n) is 0.630. The molecule has 3 nitrogen and oxygen atoms in total. The molecule has 0 aromatic carbocycles. The maximum atomic E-state index is 9.06. The van der Waals surface area contributed by atoms with Gasteiger partial charge in [0.15, 0.2) is 6.29 Å². The van der Waals surface area contributed by atoms with E-state index in [1.54, 1.807) is 0 Å². The summed E-state index contributed by atoms with van der Waals surface area (Å²) < 4.78 is 10.0. The molecule has 0 saturated carbocycles. The molecule has 0 heterocycles. The highest BCUT2D eigenvalue weighted by atomic mass is 16.6. The van der Waals surface area contributed by atoms with Crippen LogP contribution in [0.4, 0.5) is 0 Å². The Morgan fingerprint density at radius 2 is 1.82 bits per heavy atom. The maximum Gasteiger partial charge on any atom is 0.178 e. The van der Waals surface area contributed by atoms with E-state index < -0.39 is 6.29 Å². The predicted molar refractivity (Wildman–Crippen MR) is 43.4 cm³/mol. The second-order valence-electron chi connectivity index (χ2n) is 2.40. The smallest absolute Gasteiger partial charge is 0.178 e. The van der Waals surface area contributed by atoms with Crippen LogP contribution in [-0.4, -0.2) is 31.2 Å². The molecule has 0 aliphatic heterocycles. The lowest BCUT2D eigenvalue weighted by atomic mass is 10.5. The van der Waals surface area contributed by atoms with E-state index in [1.807, 2.05) is 13.8 Å². The number of ether oxygens (including phenoxy) is 2. The van der Waals surface area contributed by atoms with E-state index in [1.165, 1.54) is 0 Å². The highest BCUT2D eigenvalue weighted by Crippen LogP contribution is 1.91. The molecular formula is C8H18O3. The van der Waals surface area contributed by atoms with Gasteiger partial charge in [0, 0.05) is 13.2 Å². The van der Waals surface area contributed by atoms with Gasteiger partial charge in [0.2, 0.25) is 0 Å². The molecule has 0 aliphatic carbocycles. The molecule has 1 atom stereocenters. The van der Waals surface area contributed by atoms with Crippen LogP contribution in [0.3, 0.4) is 0 Å². The average molecular weight is 162 g/mol. The Hall–Kier alpha value is -0.120. The van der Waals surface area contributed by atoms with E-state index in [-0.39, 0.29) is 6.61 Å². The third-order valence-corrected chi connectivity index (χ3v) is 1.12. The molecule has 0 amide bonds. The zero-order valence-corrected chi connectivity index (χ0v) is 7.38. The van der Waals surface area contributed by atoms with Gasteiger partial charge in [0.25, 0.3) is 0 Å². The summed E-state index contributed by atoms with van der Waals surface area (Å²) in [6.07, 6.45) is 1.15. The van der Waals surface area contributed by atoms with Crippen LogP contribution in [-0.2, 0) is 9.47 Å². The van der Waals surface area contributed by atoms with Crippen LogP contribution in [0.1, 0.15) is 26.7 Å². The van der Waals surface area contributed by atoms with Gasteiger partial charge in [-0.05, 0) is 12.8 Å². The van der Waals surface area contributed by atoms with Gasteiger partial charge in [-0.15, -0.1) is 0 Å². The van der Waals surface area contributed by atoms with Gasteiger partial charge in [-0.25, -0.2) is 0 Å². The highest BCUT2D eigenvalue weighted by Gasteiger charge is 2.01. The van der Waals surface area contributed by atoms with Gasteiger partial charge in [0.1, 0.15) is 0 Å². The van der Waals surface area contributed by atoms with Crippen molar-refractivity contribution in [3.8, 4) is 0 Å². The van der Waals surface area contributed by atoms with Crippen LogP contribution in [0, 0.1) is 0 Å². The van der Waals surface area contributed by atoms with Crippen LogP contribution in [0.15, 0.2) is 0 Å². The molecule has 3 heteroatoms. The molecule has 0 rings (SSSR count). The van der Waals surface area contributed by atoms with E-state index >= 15 is 0 Å². The molecule has 11 heavy (non-hydrogen) atoms. The summed E-state index contributed by atoms with van der Waals surface area (Å²) in [5.74, 6) is 0. The molecule has 0 saturated heterocycles. The van der Waals surface area contributed by atoms with Crippen molar-refractivity contribution in [1.29, 1.82) is 0 Å². The molecule has 0 aliphatic rings. The summed E-state index contributed by atoms with van der Waals surface area (Å²) in [6.45, 7) is 5.59. The van der Waals surface area contributed by atoms with Gasteiger partial charge in [-0.3, -0.25) is 0 Å². The van der Waals surface area contributed by atoms with E-state index in [2.05, 4.69) is 0 Å². The largest absolute Gasteiger partial charge is 0.376 e. The SMILES string of the molecule is CCCOCC(O)OCCC. The van der Waals surface area contributed by atoms with Crippen LogP contribution in [0.2, 0.25) is 0 Å². The lowest BCUT2D eigenvalue weighted by Gasteiger charge is -2.10. The molecule has 0 aromatic rings. The fraction of sp³-hybridized carbons (Fsp3) is 1.00. The van der Waals surface area contributed by atoms with Crippen LogP contribution >= 0.6 is 0 Å². The second kappa shape index (κ2) is 7.98.